The molecular weight excluding hydrogens is 466 g/mol. The van der Waals surface area contributed by atoms with E-state index in [-0.39, 0.29) is 36.0 Å². The van der Waals surface area contributed by atoms with Crippen molar-refractivity contribution in [1.82, 2.24) is 14.0 Å². The number of aromatic nitrogens is 2. The van der Waals surface area contributed by atoms with Crippen LogP contribution >= 0.6 is 12.4 Å². The standard InChI is InChI=1S/C22H29N5O6.ClH/c1-4-13-32-18-7-6-17(27(30)31)15-19(18)33-14-5-8-25-9-11-26(12-10-25)20-16-21(28)24(3)22(29)23(20)2;/h4,6-7,15-16H,1,5,8-14H2,2-3H3;1H. The molecule has 11 nitrogen and oxygen atoms in total. The summed E-state index contributed by atoms with van der Waals surface area (Å²) in [6, 6.07) is 5.77. The summed E-state index contributed by atoms with van der Waals surface area (Å²) in [5.74, 6) is 1.40. The Kier molecular flexibility index (Phi) is 9.69. The molecule has 0 radical (unpaired) electrons. The average molecular weight is 496 g/mol. The largest absolute Gasteiger partial charge is 0.489 e. The highest BCUT2D eigenvalue weighted by molar-refractivity contribution is 5.85. The predicted molar refractivity (Wildman–Crippen MR) is 132 cm³/mol. The van der Waals surface area contributed by atoms with Gasteiger partial charge in [-0.2, -0.15) is 0 Å². The van der Waals surface area contributed by atoms with Crippen LogP contribution < -0.4 is 25.6 Å². The van der Waals surface area contributed by atoms with E-state index in [1.54, 1.807) is 13.1 Å². The average Bonchev–Trinajstić information content (AvgIpc) is 2.82. The number of nitro benzene ring substituents is 1. The molecule has 0 bridgehead atoms. The maximum Gasteiger partial charge on any atom is 0.332 e. The summed E-state index contributed by atoms with van der Waals surface area (Å²) in [6.45, 7) is 8.03. The lowest BCUT2D eigenvalue weighted by atomic mass is 10.2. The highest BCUT2D eigenvalue weighted by Gasteiger charge is 2.20. The number of anilines is 1. The molecule has 0 unspecified atom stereocenters. The molecular formula is C22H30ClN5O6. The van der Waals surface area contributed by atoms with Crippen LogP contribution in [0.3, 0.4) is 0 Å². The molecule has 186 valence electrons. The maximum atomic E-state index is 12.2. The first-order chi connectivity index (χ1) is 15.8. The first-order valence-corrected chi connectivity index (χ1v) is 10.7. The summed E-state index contributed by atoms with van der Waals surface area (Å²) < 4.78 is 13.9. The monoisotopic (exact) mass is 495 g/mol. The van der Waals surface area contributed by atoms with Gasteiger partial charge >= 0.3 is 5.69 Å². The molecule has 34 heavy (non-hydrogen) atoms. The maximum absolute atomic E-state index is 12.2. The Labute approximate surface area is 203 Å². The number of nitro groups is 1. The summed E-state index contributed by atoms with van der Waals surface area (Å²) >= 11 is 0. The van der Waals surface area contributed by atoms with E-state index in [0.29, 0.717) is 37.0 Å². The first kappa shape index (κ1) is 26.9. The Bertz CT molecular complexity index is 1120. The Balaban J connectivity index is 0.00000408. The molecule has 0 atom stereocenters. The molecule has 0 amide bonds. The molecule has 1 aromatic heterocycles. The van der Waals surface area contributed by atoms with E-state index >= 15 is 0 Å². The van der Waals surface area contributed by atoms with Gasteiger partial charge in [0.05, 0.1) is 17.6 Å². The zero-order valence-electron chi connectivity index (χ0n) is 19.3. The van der Waals surface area contributed by atoms with Crippen molar-refractivity contribution in [2.24, 2.45) is 14.1 Å². The van der Waals surface area contributed by atoms with E-state index in [1.807, 2.05) is 4.90 Å². The lowest BCUT2D eigenvalue weighted by molar-refractivity contribution is -0.385. The van der Waals surface area contributed by atoms with Crippen molar-refractivity contribution in [2.75, 3.05) is 50.8 Å². The van der Waals surface area contributed by atoms with Crippen molar-refractivity contribution >= 4 is 23.9 Å². The second-order valence-electron chi connectivity index (χ2n) is 7.76. The van der Waals surface area contributed by atoms with Crippen LogP contribution in [0.15, 0.2) is 46.5 Å². The van der Waals surface area contributed by atoms with Crippen LogP contribution in [0.1, 0.15) is 6.42 Å². The third-order valence-corrected chi connectivity index (χ3v) is 5.57. The molecule has 1 aliphatic heterocycles. The molecule has 0 aliphatic carbocycles. The van der Waals surface area contributed by atoms with Crippen molar-refractivity contribution in [1.29, 1.82) is 0 Å². The number of halogens is 1. The van der Waals surface area contributed by atoms with Crippen molar-refractivity contribution < 1.29 is 14.4 Å². The zero-order valence-corrected chi connectivity index (χ0v) is 20.2. The third-order valence-electron chi connectivity index (χ3n) is 5.57. The molecule has 12 heteroatoms. The minimum absolute atomic E-state index is 0. The predicted octanol–water partition coefficient (Wildman–Crippen LogP) is 1.57. The van der Waals surface area contributed by atoms with Gasteiger partial charge in [-0.15, -0.1) is 12.4 Å². The normalized spacial score (nSPS) is 13.8. The van der Waals surface area contributed by atoms with Gasteiger partial charge < -0.3 is 14.4 Å². The lowest BCUT2D eigenvalue weighted by Crippen LogP contribution is -2.49. The Morgan fingerprint density at radius 1 is 1.06 bits per heavy atom. The molecule has 1 saturated heterocycles. The second kappa shape index (κ2) is 12.2. The first-order valence-electron chi connectivity index (χ1n) is 10.7. The van der Waals surface area contributed by atoms with Gasteiger partial charge in [0.1, 0.15) is 12.4 Å². The third kappa shape index (κ3) is 6.39. The van der Waals surface area contributed by atoms with Crippen LogP contribution in [0, 0.1) is 10.1 Å². The summed E-state index contributed by atoms with van der Waals surface area (Å²) in [5, 5.41) is 11.1. The number of ether oxygens (including phenoxy) is 2. The molecule has 0 spiro atoms. The molecule has 0 saturated carbocycles. The lowest BCUT2D eigenvalue weighted by Gasteiger charge is -2.36. The molecule has 3 rings (SSSR count). The van der Waals surface area contributed by atoms with Crippen LogP contribution in [-0.2, 0) is 14.1 Å². The topological polar surface area (TPSA) is 112 Å². The molecule has 1 aliphatic rings. The summed E-state index contributed by atoms with van der Waals surface area (Å²) in [5.41, 5.74) is -0.711. The number of benzene rings is 1. The van der Waals surface area contributed by atoms with E-state index in [4.69, 9.17) is 9.47 Å². The number of nitrogens with zero attached hydrogens (tertiary/aromatic N) is 5. The van der Waals surface area contributed by atoms with Crippen LogP contribution in [-0.4, -0.2) is 64.9 Å². The van der Waals surface area contributed by atoms with Gasteiger partial charge in [0, 0.05) is 59.0 Å². The van der Waals surface area contributed by atoms with Crippen LogP contribution in [0.5, 0.6) is 11.5 Å². The van der Waals surface area contributed by atoms with Gasteiger partial charge in [-0.1, -0.05) is 12.7 Å². The minimum atomic E-state index is -0.470. The van der Waals surface area contributed by atoms with Gasteiger partial charge in [0.25, 0.3) is 11.2 Å². The van der Waals surface area contributed by atoms with Crippen LogP contribution in [0.2, 0.25) is 0 Å². The minimum Gasteiger partial charge on any atom is -0.489 e. The summed E-state index contributed by atoms with van der Waals surface area (Å²) in [7, 11) is 3.14. The van der Waals surface area contributed by atoms with E-state index in [0.717, 1.165) is 30.6 Å². The van der Waals surface area contributed by atoms with Crippen molar-refractivity contribution in [3.63, 3.8) is 0 Å². The number of piperazine rings is 1. The molecule has 1 aromatic carbocycles. The summed E-state index contributed by atoms with van der Waals surface area (Å²) in [4.78, 5) is 39.1. The summed E-state index contributed by atoms with van der Waals surface area (Å²) in [6.07, 6.45) is 2.32. The molecule has 0 N–H and O–H groups in total. The fourth-order valence-corrected chi connectivity index (χ4v) is 3.69. The number of non-ortho nitro benzene ring substituents is 1. The zero-order chi connectivity index (χ0) is 24.0. The quantitative estimate of drug-likeness (QED) is 0.211. The smallest absolute Gasteiger partial charge is 0.332 e. The van der Waals surface area contributed by atoms with Gasteiger partial charge in [0.15, 0.2) is 11.5 Å². The van der Waals surface area contributed by atoms with Gasteiger partial charge in [-0.25, -0.2) is 4.79 Å². The Morgan fingerprint density at radius 2 is 1.76 bits per heavy atom. The van der Waals surface area contributed by atoms with Crippen molar-refractivity contribution in [2.45, 2.75) is 6.42 Å². The Hall–Kier alpha value is -3.31. The van der Waals surface area contributed by atoms with Crippen molar-refractivity contribution in [3.05, 3.63) is 67.9 Å². The van der Waals surface area contributed by atoms with Gasteiger partial charge in [-0.3, -0.25) is 28.9 Å². The SMILES string of the molecule is C=CCOc1ccc([N+](=O)[O-])cc1OCCCN1CCN(c2cc(=O)n(C)c(=O)n2C)CC1.Cl. The van der Waals surface area contributed by atoms with E-state index in [9.17, 15) is 19.7 Å². The van der Waals surface area contributed by atoms with Crippen LogP contribution in [0.4, 0.5) is 11.5 Å². The van der Waals surface area contributed by atoms with Crippen molar-refractivity contribution in [3.8, 4) is 11.5 Å². The van der Waals surface area contributed by atoms with Gasteiger partial charge in [0.2, 0.25) is 0 Å². The number of hydrogen-bond donors (Lipinski definition) is 0. The molecule has 1 fully saturated rings. The highest BCUT2D eigenvalue weighted by Crippen LogP contribution is 2.31. The fourth-order valence-electron chi connectivity index (χ4n) is 3.69. The van der Waals surface area contributed by atoms with E-state index in [2.05, 4.69) is 11.5 Å². The second-order valence-corrected chi connectivity index (χ2v) is 7.76. The number of rotatable bonds is 10. The van der Waals surface area contributed by atoms with Gasteiger partial charge in [-0.05, 0) is 12.5 Å². The van der Waals surface area contributed by atoms with Crippen LogP contribution in [0.25, 0.3) is 0 Å². The van der Waals surface area contributed by atoms with E-state index < -0.39 is 4.92 Å². The Morgan fingerprint density at radius 3 is 2.41 bits per heavy atom. The number of hydrogen-bond acceptors (Lipinski definition) is 8. The highest BCUT2D eigenvalue weighted by atomic mass is 35.5. The fraction of sp³-hybridized carbons (Fsp3) is 0.455. The van der Waals surface area contributed by atoms with E-state index in [1.165, 1.54) is 35.9 Å². The molecule has 2 heterocycles. The molecule has 2 aromatic rings.